The maximum atomic E-state index is 12.4. The third kappa shape index (κ3) is 3.04. The Morgan fingerprint density at radius 3 is 2.50 bits per heavy atom. The van der Waals surface area contributed by atoms with Gasteiger partial charge in [-0.1, -0.05) is 18.8 Å². The average molecular weight is 249 g/mol. The van der Waals surface area contributed by atoms with E-state index in [0.717, 1.165) is 45.4 Å². The molecule has 2 unspecified atom stereocenters. The number of nitrogens with zero attached hydrogens (tertiary/aromatic N) is 2. The summed E-state index contributed by atoms with van der Waals surface area (Å²) in [5, 5.41) is 0. The maximum absolute atomic E-state index is 12.4. The summed E-state index contributed by atoms with van der Waals surface area (Å²) in [6, 6.07) is 0.0648. The largest absolute Gasteiger partial charge is 0.340 e. The topological polar surface area (TPSA) is 49.6 Å². The maximum Gasteiger partial charge on any atom is 0.227 e. The first-order chi connectivity index (χ1) is 8.72. The number of terminal acetylenes is 1. The summed E-state index contributed by atoms with van der Waals surface area (Å²) in [5.74, 6) is 2.97. The molecule has 1 aliphatic carbocycles. The summed E-state index contributed by atoms with van der Waals surface area (Å²) in [7, 11) is 0. The number of nitrogens with two attached hydrogens (primary N) is 1. The molecule has 4 nitrogen and oxygen atoms in total. The molecule has 0 spiro atoms. The first kappa shape index (κ1) is 13.4. The summed E-state index contributed by atoms with van der Waals surface area (Å²) in [5.41, 5.74) is 6.08. The molecule has 0 bridgehead atoms. The Balaban J connectivity index is 1.85. The highest BCUT2D eigenvalue weighted by molar-refractivity contribution is 5.79. The van der Waals surface area contributed by atoms with E-state index in [1.807, 2.05) is 4.90 Å². The molecule has 0 aromatic carbocycles. The van der Waals surface area contributed by atoms with Crippen LogP contribution in [0, 0.1) is 18.3 Å². The van der Waals surface area contributed by atoms with Crippen LogP contribution in [-0.2, 0) is 4.79 Å². The fourth-order valence-corrected chi connectivity index (χ4v) is 2.96. The molecule has 1 heterocycles. The van der Waals surface area contributed by atoms with Crippen molar-refractivity contribution in [2.24, 2.45) is 11.7 Å². The van der Waals surface area contributed by atoms with Gasteiger partial charge in [-0.2, -0.15) is 0 Å². The van der Waals surface area contributed by atoms with Gasteiger partial charge in [-0.25, -0.2) is 0 Å². The Hall–Kier alpha value is -1.05. The second-order valence-corrected chi connectivity index (χ2v) is 5.36. The van der Waals surface area contributed by atoms with Gasteiger partial charge >= 0.3 is 0 Å². The van der Waals surface area contributed by atoms with Gasteiger partial charge in [-0.3, -0.25) is 9.69 Å². The molecule has 2 N–H and O–H groups in total. The minimum Gasteiger partial charge on any atom is -0.340 e. The van der Waals surface area contributed by atoms with Crippen molar-refractivity contribution in [1.82, 2.24) is 9.80 Å². The zero-order chi connectivity index (χ0) is 13.0. The smallest absolute Gasteiger partial charge is 0.227 e. The highest BCUT2D eigenvalue weighted by Gasteiger charge is 2.32. The molecule has 4 heteroatoms. The van der Waals surface area contributed by atoms with Gasteiger partial charge in [0.15, 0.2) is 0 Å². The molecule has 1 saturated heterocycles. The molecule has 2 aliphatic rings. The van der Waals surface area contributed by atoms with E-state index in [9.17, 15) is 4.79 Å². The minimum atomic E-state index is 0.0536. The van der Waals surface area contributed by atoms with E-state index in [4.69, 9.17) is 12.2 Å². The lowest BCUT2D eigenvalue weighted by Gasteiger charge is -2.38. The van der Waals surface area contributed by atoms with Gasteiger partial charge in [-0.05, 0) is 12.8 Å². The van der Waals surface area contributed by atoms with Crippen molar-refractivity contribution in [2.45, 2.75) is 31.7 Å². The van der Waals surface area contributed by atoms with Crippen LogP contribution in [-0.4, -0.2) is 54.5 Å². The molecule has 1 amide bonds. The van der Waals surface area contributed by atoms with Crippen LogP contribution in [0.4, 0.5) is 0 Å². The Kier molecular flexibility index (Phi) is 4.62. The quantitative estimate of drug-likeness (QED) is 0.715. The molecular formula is C14H23N3O. The Labute approximate surface area is 109 Å². The first-order valence-electron chi connectivity index (χ1n) is 6.92. The number of amides is 1. The predicted molar refractivity (Wildman–Crippen MR) is 71.8 cm³/mol. The van der Waals surface area contributed by atoms with Crippen molar-refractivity contribution in [3.8, 4) is 12.3 Å². The fourth-order valence-electron chi connectivity index (χ4n) is 2.96. The van der Waals surface area contributed by atoms with E-state index in [-0.39, 0.29) is 17.9 Å². The van der Waals surface area contributed by atoms with Crippen LogP contribution in [0.15, 0.2) is 0 Å². The number of hydrogen-bond acceptors (Lipinski definition) is 3. The SMILES string of the molecule is C#CCN1CCN(C(=O)C2CCCCC2N)CC1. The molecule has 0 radical (unpaired) electrons. The van der Waals surface area contributed by atoms with Gasteiger partial charge in [0.1, 0.15) is 0 Å². The molecule has 2 rings (SSSR count). The highest BCUT2D eigenvalue weighted by Crippen LogP contribution is 2.25. The zero-order valence-electron chi connectivity index (χ0n) is 11.0. The monoisotopic (exact) mass is 249 g/mol. The van der Waals surface area contributed by atoms with Gasteiger partial charge in [-0.15, -0.1) is 6.42 Å². The lowest BCUT2D eigenvalue weighted by Crippen LogP contribution is -2.53. The van der Waals surface area contributed by atoms with Crippen molar-refractivity contribution in [2.75, 3.05) is 32.7 Å². The molecule has 2 fully saturated rings. The predicted octanol–water partition coefficient (Wildman–Crippen LogP) is 0.281. The Morgan fingerprint density at radius 1 is 1.22 bits per heavy atom. The first-order valence-corrected chi connectivity index (χ1v) is 6.92. The van der Waals surface area contributed by atoms with Crippen LogP contribution in [0.1, 0.15) is 25.7 Å². The van der Waals surface area contributed by atoms with Crippen LogP contribution < -0.4 is 5.73 Å². The minimum absolute atomic E-state index is 0.0536. The average Bonchev–Trinajstić information content (AvgIpc) is 2.40. The third-order valence-electron chi connectivity index (χ3n) is 4.14. The van der Waals surface area contributed by atoms with Crippen molar-refractivity contribution in [3.63, 3.8) is 0 Å². The number of carbonyl (C=O) groups is 1. The normalized spacial score (nSPS) is 29.9. The summed E-state index contributed by atoms with van der Waals surface area (Å²) < 4.78 is 0. The van der Waals surface area contributed by atoms with Gasteiger partial charge < -0.3 is 10.6 Å². The molecule has 0 aromatic heterocycles. The van der Waals surface area contributed by atoms with Crippen LogP contribution in [0.3, 0.4) is 0 Å². The molecule has 2 atom stereocenters. The van der Waals surface area contributed by atoms with E-state index in [1.54, 1.807) is 0 Å². The van der Waals surface area contributed by atoms with Crippen molar-refractivity contribution < 1.29 is 4.79 Å². The van der Waals surface area contributed by atoms with Crippen molar-refractivity contribution >= 4 is 5.91 Å². The second kappa shape index (κ2) is 6.21. The molecule has 18 heavy (non-hydrogen) atoms. The molecule has 100 valence electrons. The van der Waals surface area contributed by atoms with E-state index in [0.29, 0.717) is 6.54 Å². The van der Waals surface area contributed by atoms with E-state index in [2.05, 4.69) is 10.8 Å². The summed E-state index contributed by atoms with van der Waals surface area (Å²) >= 11 is 0. The number of hydrogen-bond donors (Lipinski definition) is 1. The Bertz CT molecular complexity index is 328. The summed E-state index contributed by atoms with van der Waals surface area (Å²) in [6.45, 7) is 4.05. The summed E-state index contributed by atoms with van der Waals surface area (Å²) in [6.07, 6.45) is 9.56. The number of carbonyl (C=O) groups excluding carboxylic acids is 1. The number of piperazine rings is 1. The highest BCUT2D eigenvalue weighted by atomic mass is 16.2. The van der Waals surface area contributed by atoms with Crippen LogP contribution >= 0.6 is 0 Å². The van der Waals surface area contributed by atoms with E-state index in [1.165, 1.54) is 6.42 Å². The van der Waals surface area contributed by atoms with E-state index < -0.39 is 0 Å². The fraction of sp³-hybridized carbons (Fsp3) is 0.786. The van der Waals surface area contributed by atoms with Crippen molar-refractivity contribution in [1.29, 1.82) is 0 Å². The summed E-state index contributed by atoms with van der Waals surface area (Å²) in [4.78, 5) is 16.6. The number of rotatable bonds is 2. The molecule has 0 aromatic rings. The standard InChI is InChI=1S/C14H23N3O/c1-2-7-16-8-10-17(11-9-16)14(18)12-5-3-4-6-13(12)15/h1,12-13H,3-11,15H2. The second-order valence-electron chi connectivity index (χ2n) is 5.36. The van der Waals surface area contributed by atoms with Gasteiger partial charge in [0.2, 0.25) is 5.91 Å². The van der Waals surface area contributed by atoms with E-state index >= 15 is 0 Å². The Morgan fingerprint density at radius 2 is 1.89 bits per heavy atom. The van der Waals surface area contributed by atoms with Gasteiger partial charge in [0, 0.05) is 32.2 Å². The van der Waals surface area contributed by atoms with Crippen LogP contribution in [0.2, 0.25) is 0 Å². The molecule has 1 aliphatic heterocycles. The zero-order valence-corrected chi connectivity index (χ0v) is 11.0. The van der Waals surface area contributed by atoms with Crippen molar-refractivity contribution in [3.05, 3.63) is 0 Å². The molecule has 1 saturated carbocycles. The van der Waals surface area contributed by atoms with Crippen LogP contribution in [0.5, 0.6) is 0 Å². The van der Waals surface area contributed by atoms with Crippen LogP contribution in [0.25, 0.3) is 0 Å². The lowest BCUT2D eigenvalue weighted by molar-refractivity contribution is -0.138. The lowest BCUT2D eigenvalue weighted by atomic mass is 9.84. The van der Waals surface area contributed by atoms with Gasteiger partial charge in [0.05, 0.1) is 12.5 Å². The third-order valence-corrected chi connectivity index (χ3v) is 4.14. The molecular weight excluding hydrogens is 226 g/mol. The van der Waals surface area contributed by atoms with Gasteiger partial charge in [0.25, 0.3) is 0 Å².